The molecule has 138 valence electrons. The molecule has 7 heteroatoms. The zero-order valence-corrected chi connectivity index (χ0v) is 16.6. The second-order valence-corrected chi connectivity index (χ2v) is 8.38. The Morgan fingerprint density at radius 2 is 2.07 bits per heavy atom. The third-order valence-electron chi connectivity index (χ3n) is 5.23. The summed E-state index contributed by atoms with van der Waals surface area (Å²) in [4.78, 5) is 13.7. The van der Waals surface area contributed by atoms with Crippen molar-refractivity contribution in [1.82, 2.24) is 19.6 Å². The van der Waals surface area contributed by atoms with E-state index in [0.29, 0.717) is 12.4 Å². The predicted molar refractivity (Wildman–Crippen MR) is 106 cm³/mol. The Hall–Kier alpha value is -2.51. The molecule has 0 bridgehead atoms. The molecule has 1 atom stereocenters. The third kappa shape index (κ3) is 2.78. The lowest BCUT2D eigenvalue weighted by atomic mass is 10.1. The summed E-state index contributed by atoms with van der Waals surface area (Å²) in [5.74, 6) is 2.43. The average molecular weight is 380 g/mol. The number of rotatable bonds is 3. The summed E-state index contributed by atoms with van der Waals surface area (Å²) in [7, 11) is 2.25. The summed E-state index contributed by atoms with van der Waals surface area (Å²) in [5, 5.41) is 5.85. The first-order valence-electron chi connectivity index (χ1n) is 9.26. The average Bonchev–Trinajstić information content (AvgIpc) is 3.21. The summed E-state index contributed by atoms with van der Waals surface area (Å²) in [6.07, 6.45) is 1.07. The molecule has 0 fully saturated rings. The van der Waals surface area contributed by atoms with E-state index in [-0.39, 0.29) is 0 Å². The van der Waals surface area contributed by atoms with Gasteiger partial charge in [-0.15, -0.1) is 16.4 Å². The van der Waals surface area contributed by atoms with E-state index in [9.17, 15) is 0 Å². The molecule has 0 amide bonds. The van der Waals surface area contributed by atoms with Gasteiger partial charge in [0.15, 0.2) is 11.5 Å². The van der Waals surface area contributed by atoms with Crippen LogP contribution in [-0.4, -0.2) is 33.2 Å². The highest BCUT2D eigenvalue weighted by molar-refractivity contribution is 7.19. The zero-order chi connectivity index (χ0) is 18.5. The number of ether oxygens (including phenoxy) is 1. The van der Waals surface area contributed by atoms with Gasteiger partial charge in [-0.1, -0.05) is 18.2 Å². The van der Waals surface area contributed by atoms with Crippen LogP contribution in [0.3, 0.4) is 0 Å². The Kier molecular flexibility index (Phi) is 3.87. The number of aromatic nitrogens is 4. The fourth-order valence-corrected chi connectivity index (χ4v) is 5.15. The van der Waals surface area contributed by atoms with Crippen molar-refractivity contribution in [2.75, 3.05) is 13.6 Å². The number of aryl methyl sites for hydroxylation is 2. The van der Waals surface area contributed by atoms with E-state index in [0.717, 1.165) is 47.1 Å². The third-order valence-corrected chi connectivity index (χ3v) is 6.36. The summed E-state index contributed by atoms with van der Waals surface area (Å²) >= 11 is 1.81. The zero-order valence-electron chi connectivity index (χ0n) is 15.7. The monoisotopic (exact) mass is 380 g/mol. The fourth-order valence-electron chi connectivity index (χ4n) is 3.77. The minimum atomic E-state index is 0.354. The van der Waals surface area contributed by atoms with Crippen LogP contribution in [0.2, 0.25) is 0 Å². The maximum atomic E-state index is 5.95. The number of hydrogen-bond donors (Lipinski definition) is 1. The summed E-state index contributed by atoms with van der Waals surface area (Å²) in [6.45, 7) is 6.60. The lowest BCUT2D eigenvalue weighted by Crippen LogP contribution is -3.08. The number of nitrogens with one attached hydrogen (secondary N) is 1. The van der Waals surface area contributed by atoms with Crippen molar-refractivity contribution in [1.29, 1.82) is 0 Å². The highest BCUT2D eigenvalue weighted by atomic mass is 32.1. The molecule has 1 aliphatic rings. The molecule has 1 aromatic carbocycles. The van der Waals surface area contributed by atoms with Crippen LogP contribution >= 0.6 is 11.3 Å². The Balaban J connectivity index is 1.57. The molecule has 4 aromatic rings. The maximum Gasteiger partial charge on any atom is 0.189 e. The lowest BCUT2D eigenvalue weighted by Gasteiger charge is -2.19. The Morgan fingerprint density at radius 3 is 2.93 bits per heavy atom. The standard InChI is InChI=1S/C20H21N5OS/c1-12-6-4-5-7-15(12)26-11-17-22-19-18-14-8-9-24(3)10-16(14)27-20(18)21-13(2)25(19)23-17/h4-7H,8-11H2,1-3H3/p+1. The minimum Gasteiger partial charge on any atom is -0.485 e. The second-order valence-electron chi connectivity index (χ2n) is 7.29. The van der Waals surface area contributed by atoms with Gasteiger partial charge in [-0.3, -0.25) is 0 Å². The number of hydrogen-bond acceptors (Lipinski definition) is 5. The van der Waals surface area contributed by atoms with E-state index in [1.807, 2.05) is 54.0 Å². The number of nitrogens with zero attached hydrogens (tertiary/aromatic N) is 4. The maximum absolute atomic E-state index is 5.95. The van der Waals surface area contributed by atoms with Gasteiger partial charge in [-0.25, -0.2) is 9.97 Å². The fraction of sp³-hybridized carbons (Fsp3) is 0.350. The molecule has 3 aromatic heterocycles. The first kappa shape index (κ1) is 16.6. The molecule has 1 unspecified atom stereocenters. The van der Waals surface area contributed by atoms with Gasteiger partial charge in [-0.05, 0) is 31.0 Å². The van der Waals surface area contributed by atoms with E-state index in [1.54, 1.807) is 4.90 Å². The van der Waals surface area contributed by atoms with E-state index < -0.39 is 0 Å². The van der Waals surface area contributed by atoms with Crippen molar-refractivity contribution < 1.29 is 9.64 Å². The molecular formula is C20H22N5OS+. The number of para-hydroxylation sites is 1. The Bertz CT molecular complexity index is 1160. The van der Waals surface area contributed by atoms with Crippen molar-refractivity contribution in [2.45, 2.75) is 33.4 Å². The number of thiophene rings is 1. The molecule has 0 spiro atoms. The highest BCUT2D eigenvalue weighted by Crippen LogP contribution is 2.34. The van der Waals surface area contributed by atoms with Crippen molar-refractivity contribution in [3.63, 3.8) is 0 Å². The molecular weight excluding hydrogens is 358 g/mol. The summed E-state index contributed by atoms with van der Waals surface area (Å²) < 4.78 is 7.83. The molecule has 0 radical (unpaired) electrons. The smallest absolute Gasteiger partial charge is 0.189 e. The van der Waals surface area contributed by atoms with Crippen LogP contribution < -0.4 is 9.64 Å². The predicted octanol–water partition coefficient (Wildman–Crippen LogP) is 2.11. The minimum absolute atomic E-state index is 0.354. The number of fused-ring (bicyclic) bond motifs is 5. The quantitative estimate of drug-likeness (QED) is 0.591. The SMILES string of the molecule is Cc1ccccc1OCc1nc2c3c4c(sc3nc(C)n2n1)C[NH+](C)CC4. The first-order chi connectivity index (χ1) is 13.1. The van der Waals surface area contributed by atoms with Crippen LogP contribution in [0.1, 0.15) is 27.7 Å². The van der Waals surface area contributed by atoms with Gasteiger partial charge in [-0.2, -0.15) is 4.52 Å². The van der Waals surface area contributed by atoms with Crippen LogP contribution in [0.15, 0.2) is 24.3 Å². The number of benzene rings is 1. The van der Waals surface area contributed by atoms with E-state index in [4.69, 9.17) is 14.7 Å². The van der Waals surface area contributed by atoms with Crippen molar-refractivity contribution >= 4 is 27.2 Å². The molecule has 1 N–H and O–H groups in total. The van der Waals surface area contributed by atoms with Crippen LogP contribution in [0, 0.1) is 13.8 Å². The Morgan fingerprint density at radius 1 is 1.22 bits per heavy atom. The van der Waals surface area contributed by atoms with Crippen molar-refractivity contribution in [2.24, 2.45) is 0 Å². The molecule has 0 aliphatic carbocycles. The van der Waals surface area contributed by atoms with Gasteiger partial charge < -0.3 is 9.64 Å². The highest BCUT2D eigenvalue weighted by Gasteiger charge is 2.25. The van der Waals surface area contributed by atoms with Gasteiger partial charge in [0.2, 0.25) is 0 Å². The van der Waals surface area contributed by atoms with Crippen LogP contribution in [0.25, 0.3) is 15.9 Å². The topological polar surface area (TPSA) is 56.8 Å². The molecule has 4 heterocycles. The number of quaternary nitrogens is 1. The van der Waals surface area contributed by atoms with Crippen LogP contribution in [0.4, 0.5) is 0 Å². The van der Waals surface area contributed by atoms with E-state index in [1.165, 1.54) is 15.8 Å². The van der Waals surface area contributed by atoms with E-state index in [2.05, 4.69) is 12.1 Å². The van der Waals surface area contributed by atoms with Gasteiger partial charge in [0, 0.05) is 6.42 Å². The summed E-state index contributed by atoms with van der Waals surface area (Å²) in [6, 6.07) is 8.01. The molecule has 0 saturated carbocycles. The molecule has 1 aliphatic heterocycles. The van der Waals surface area contributed by atoms with Gasteiger partial charge in [0.25, 0.3) is 0 Å². The van der Waals surface area contributed by atoms with Gasteiger partial charge in [0.1, 0.15) is 29.6 Å². The van der Waals surface area contributed by atoms with Gasteiger partial charge in [0.05, 0.1) is 23.9 Å². The van der Waals surface area contributed by atoms with Crippen molar-refractivity contribution in [3.05, 3.63) is 51.9 Å². The largest absolute Gasteiger partial charge is 0.485 e. The number of likely N-dealkylation sites (N-methyl/N-ethyl adjacent to an activating group) is 1. The normalized spacial score (nSPS) is 16.8. The van der Waals surface area contributed by atoms with Gasteiger partial charge >= 0.3 is 0 Å². The molecule has 27 heavy (non-hydrogen) atoms. The molecule has 0 saturated heterocycles. The molecule has 6 nitrogen and oxygen atoms in total. The lowest BCUT2D eigenvalue weighted by molar-refractivity contribution is -0.895. The Labute approximate surface area is 161 Å². The van der Waals surface area contributed by atoms with Crippen molar-refractivity contribution in [3.8, 4) is 5.75 Å². The summed E-state index contributed by atoms with van der Waals surface area (Å²) in [5.41, 5.74) is 3.44. The van der Waals surface area contributed by atoms with Crippen LogP contribution in [-0.2, 0) is 19.6 Å². The molecule has 5 rings (SSSR count). The second kappa shape index (κ2) is 6.28. The van der Waals surface area contributed by atoms with Crippen LogP contribution in [0.5, 0.6) is 5.75 Å². The first-order valence-corrected chi connectivity index (χ1v) is 10.1. The van der Waals surface area contributed by atoms with E-state index >= 15 is 0 Å².